The summed E-state index contributed by atoms with van der Waals surface area (Å²) in [5.74, 6) is 2.10. The first-order valence-corrected chi connectivity index (χ1v) is 6.03. The summed E-state index contributed by atoms with van der Waals surface area (Å²) in [6.45, 7) is 6.77. The Labute approximate surface area is 92.4 Å². The van der Waals surface area contributed by atoms with Crippen LogP contribution in [0.15, 0.2) is 0 Å². The van der Waals surface area contributed by atoms with Crippen LogP contribution in [0.1, 0.15) is 40.0 Å². The molecule has 4 atom stereocenters. The zero-order valence-electron chi connectivity index (χ0n) is 10.2. The molecule has 0 aromatic rings. The standard InChI is InChI=1S/C13H22O2/c1-13(2,3)11-9-6-5-8(7-9)10(11)12(14)15-4/h8-11H,5-7H2,1-4H3. The van der Waals surface area contributed by atoms with E-state index in [2.05, 4.69) is 20.8 Å². The van der Waals surface area contributed by atoms with E-state index in [9.17, 15) is 4.79 Å². The summed E-state index contributed by atoms with van der Waals surface area (Å²) in [4.78, 5) is 11.8. The van der Waals surface area contributed by atoms with Crippen molar-refractivity contribution in [1.82, 2.24) is 0 Å². The third kappa shape index (κ3) is 1.68. The van der Waals surface area contributed by atoms with Gasteiger partial charge in [-0.25, -0.2) is 0 Å². The number of methoxy groups -OCH3 is 1. The monoisotopic (exact) mass is 210 g/mol. The van der Waals surface area contributed by atoms with E-state index in [1.807, 2.05) is 0 Å². The number of fused-ring (bicyclic) bond motifs is 2. The van der Waals surface area contributed by atoms with Gasteiger partial charge >= 0.3 is 5.97 Å². The van der Waals surface area contributed by atoms with Crippen LogP contribution in [-0.4, -0.2) is 13.1 Å². The Hall–Kier alpha value is -0.530. The topological polar surface area (TPSA) is 26.3 Å². The number of carbonyl (C=O) groups is 1. The van der Waals surface area contributed by atoms with Gasteiger partial charge < -0.3 is 4.74 Å². The van der Waals surface area contributed by atoms with Crippen LogP contribution < -0.4 is 0 Å². The molecule has 0 amide bonds. The van der Waals surface area contributed by atoms with Crippen LogP contribution in [0.4, 0.5) is 0 Å². The molecule has 86 valence electrons. The Morgan fingerprint density at radius 1 is 1.20 bits per heavy atom. The third-order valence-electron chi connectivity index (χ3n) is 4.39. The molecule has 0 saturated heterocycles. The van der Waals surface area contributed by atoms with Gasteiger partial charge in [0, 0.05) is 0 Å². The van der Waals surface area contributed by atoms with Crippen molar-refractivity contribution in [1.29, 1.82) is 0 Å². The average Bonchev–Trinajstić information content (AvgIpc) is 2.73. The fourth-order valence-corrected chi connectivity index (χ4v) is 4.01. The predicted molar refractivity (Wildman–Crippen MR) is 59.3 cm³/mol. The molecule has 0 radical (unpaired) electrons. The highest BCUT2D eigenvalue weighted by Gasteiger charge is 2.54. The van der Waals surface area contributed by atoms with Crippen molar-refractivity contribution in [3.05, 3.63) is 0 Å². The van der Waals surface area contributed by atoms with Gasteiger partial charge in [0.15, 0.2) is 0 Å². The zero-order chi connectivity index (χ0) is 11.2. The van der Waals surface area contributed by atoms with E-state index < -0.39 is 0 Å². The molecular weight excluding hydrogens is 188 g/mol. The number of hydrogen-bond donors (Lipinski definition) is 0. The van der Waals surface area contributed by atoms with Crippen molar-refractivity contribution in [2.75, 3.05) is 7.11 Å². The molecule has 2 nitrogen and oxygen atoms in total. The molecule has 2 bridgehead atoms. The molecule has 0 heterocycles. The van der Waals surface area contributed by atoms with E-state index in [4.69, 9.17) is 4.74 Å². The highest BCUT2D eigenvalue weighted by atomic mass is 16.5. The van der Waals surface area contributed by atoms with Gasteiger partial charge in [-0.3, -0.25) is 4.79 Å². The van der Waals surface area contributed by atoms with Crippen molar-refractivity contribution < 1.29 is 9.53 Å². The van der Waals surface area contributed by atoms with Crippen LogP contribution >= 0.6 is 0 Å². The van der Waals surface area contributed by atoms with Crippen LogP contribution in [0.3, 0.4) is 0 Å². The molecule has 2 aliphatic rings. The van der Waals surface area contributed by atoms with Gasteiger partial charge in [0.25, 0.3) is 0 Å². The number of carbonyl (C=O) groups excluding carboxylic acids is 1. The summed E-state index contributed by atoms with van der Waals surface area (Å²) in [6, 6.07) is 0. The van der Waals surface area contributed by atoms with Gasteiger partial charge in [-0.15, -0.1) is 0 Å². The number of rotatable bonds is 1. The summed E-state index contributed by atoms with van der Waals surface area (Å²) < 4.78 is 4.97. The third-order valence-corrected chi connectivity index (χ3v) is 4.39. The van der Waals surface area contributed by atoms with Gasteiger partial charge in [-0.05, 0) is 42.4 Å². The van der Waals surface area contributed by atoms with Crippen molar-refractivity contribution in [3.63, 3.8) is 0 Å². The molecule has 2 rings (SSSR count). The Kier molecular flexibility index (Phi) is 2.56. The Bertz CT molecular complexity index is 264. The average molecular weight is 210 g/mol. The van der Waals surface area contributed by atoms with E-state index in [-0.39, 0.29) is 17.3 Å². The van der Waals surface area contributed by atoms with Crippen molar-refractivity contribution in [2.45, 2.75) is 40.0 Å². The second-order valence-electron chi connectivity index (χ2n) is 6.27. The first-order valence-electron chi connectivity index (χ1n) is 6.03. The minimum atomic E-state index is 0.0297. The molecule has 0 aliphatic heterocycles. The molecule has 2 fully saturated rings. The van der Waals surface area contributed by atoms with E-state index in [0.717, 1.165) is 5.92 Å². The first-order chi connectivity index (χ1) is 6.95. The van der Waals surface area contributed by atoms with Crippen molar-refractivity contribution >= 4 is 5.97 Å². The van der Waals surface area contributed by atoms with Gasteiger partial charge in [0.05, 0.1) is 13.0 Å². The first kappa shape index (κ1) is 11.0. The van der Waals surface area contributed by atoms with Gasteiger partial charge in [0.2, 0.25) is 0 Å². The number of hydrogen-bond acceptors (Lipinski definition) is 2. The maximum atomic E-state index is 11.8. The Morgan fingerprint density at radius 2 is 1.80 bits per heavy atom. The second kappa shape index (κ2) is 3.50. The quantitative estimate of drug-likeness (QED) is 0.622. The fourth-order valence-electron chi connectivity index (χ4n) is 4.01. The summed E-state index contributed by atoms with van der Waals surface area (Å²) in [6.07, 6.45) is 3.80. The van der Waals surface area contributed by atoms with Crippen LogP contribution in [0.25, 0.3) is 0 Å². The van der Waals surface area contributed by atoms with Crippen molar-refractivity contribution in [3.8, 4) is 0 Å². The van der Waals surface area contributed by atoms with E-state index in [1.165, 1.54) is 26.4 Å². The lowest BCUT2D eigenvalue weighted by atomic mass is 9.66. The zero-order valence-corrected chi connectivity index (χ0v) is 10.2. The van der Waals surface area contributed by atoms with E-state index >= 15 is 0 Å². The minimum absolute atomic E-state index is 0.0297. The highest BCUT2D eigenvalue weighted by Crippen LogP contribution is 2.58. The molecule has 2 saturated carbocycles. The molecule has 2 heteroatoms. The Morgan fingerprint density at radius 3 is 2.33 bits per heavy atom. The summed E-state index contributed by atoms with van der Waals surface area (Å²) in [5.41, 5.74) is 0.235. The van der Waals surface area contributed by atoms with E-state index in [0.29, 0.717) is 11.8 Å². The van der Waals surface area contributed by atoms with Crippen LogP contribution in [0, 0.1) is 29.1 Å². The maximum absolute atomic E-state index is 11.8. The molecule has 15 heavy (non-hydrogen) atoms. The normalized spacial score (nSPS) is 39.5. The molecule has 0 spiro atoms. The smallest absolute Gasteiger partial charge is 0.309 e. The van der Waals surface area contributed by atoms with Crippen LogP contribution in [0.5, 0.6) is 0 Å². The SMILES string of the molecule is COC(=O)C1C2CCC(C2)C1C(C)(C)C. The largest absolute Gasteiger partial charge is 0.469 e. The van der Waals surface area contributed by atoms with E-state index in [1.54, 1.807) is 0 Å². The van der Waals surface area contributed by atoms with Gasteiger partial charge in [0.1, 0.15) is 0 Å². The summed E-state index contributed by atoms with van der Waals surface area (Å²) >= 11 is 0. The molecular formula is C13H22O2. The number of ether oxygens (including phenoxy) is 1. The fraction of sp³-hybridized carbons (Fsp3) is 0.923. The number of esters is 1. The van der Waals surface area contributed by atoms with Crippen LogP contribution in [0.2, 0.25) is 0 Å². The summed E-state index contributed by atoms with van der Waals surface area (Å²) in [5, 5.41) is 0. The van der Waals surface area contributed by atoms with Crippen LogP contribution in [-0.2, 0) is 9.53 Å². The van der Waals surface area contributed by atoms with Gasteiger partial charge in [-0.2, -0.15) is 0 Å². The molecule has 0 aromatic heterocycles. The minimum Gasteiger partial charge on any atom is -0.469 e. The molecule has 4 unspecified atom stereocenters. The summed E-state index contributed by atoms with van der Waals surface area (Å²) in [7, 11) is 1.52. The lowest BCUT2D eigenvalue weighted by molar-refractivity contribution is -0.151. The molecule has 2 aliphatic carbocycles. The predicted octanol–water partition coefficient (Wildman–Crippen LogP) is 2.87. The maximum Gasteiger partial charge on any atom is 0.309 e. The highest BCUT2D eigenvalue weighted by molar-refractivity contribution is 5.74. The lowest BCUT2D eigenvalue weighted by Gasteiger charge is -2.38. The molecule has 0 aromatic carbocycles. The lowest BCUT2D eigenvalue weighted by Crippen LogP contribution is -2.38. The Balaban J connectivity index is 2.24. The molecule has 0 N–H and O–H groups in total. The van der Waals surface area contributed by atoms with Crippen molar-refractivity contribution in [2.24, 2.45) is 29.1 Å². The second-order valence-corrected chi connectivity index (χ2v) is 6.27. The van der Waals surface area contributed by atoms with Gasteiger partial charge in [-0.1, -0.05) is 20.8 Å².